The van der Waals surface area contributed by atoms with Gasteiger partial charge in [-0.3, -0.25) is 0 Å². The molecular weight excluding hydrogens is 350 g/mol. The Bertz CT molecular complexity index is 811. The summed E-state index contributed by atoms with van der Waals surface area (Å²) >= 11 is 0. The molecule has 2 aromatic carbocycles. The van der Waals surface area contributed by atoms with Crippen molar-refractivity contribution in [3.8, 4) is 5.75 Å². The highest BCUT2D eigenvalue weighted by Crippen LogP contribution is 2.44. The Morgan fingerprint density at radius 3 is 2.57 bits per heavy atom. The van der Waals surface area contributed by atoms with Crippen molar-refractivity contribution in [3.05, 3.63) is 76.6 Å². The molecule has 0 aromatic heterocycles. The van der Waals surface area contributed by atoms with E-state index < -0.39 is 12.2 Å². The number of aliphatic hydroxyl groups is 2. The third-order valence-corrected chi connectivity index (χ3v) is 5.96. The van der Waals surface area contributed by atoms with E-state index in [1.165, 1.54) is 0 Å². The van der Waals surface area contributed by atoms with Gasteiger partial charge in [0.25, 0.3) is 0 Å². The highest BCUT2D eigenvalue weighted by atomic mass is 16.3. The van der Waals surface area contributed by atoms with E-state index in [0.29, 0.717) is 6.42 Å². The van der Waals surface area contributed by atoms with Crippen LogP contribution in [0.5, 0.6) is 5.75 Å². The van der Waals surface area contributed by atoms with Gasteiger partial charge in [-0.1, -0.05) is 49.7 Å². The van der Waals surface area contributed by atoms with Crippen molar-refractivity contribution >= 4 is 0 Å². The van der Waals surface area contributed by atoms with Crippen LogP contribution >= 0.6 is 0 Å². The number of nitrogens with zero attached hydrogens (tertiary/aromatic N) is 1. The smallest absolute Gasteiger partial charge is 0.229 e. The van der Waals surface area contributed by atoms with Gasteiger partial charge in [0.15, 0.2) is 0 Å². The second kappa shape index (κ2) is 9.23. The first-order valence-corrected chi connectivity index (χ1v) is 10.1. The molecule has 5 atom stereocenters. The molecular formula is C24H29NO3. The number of benzene rings is 2. The number of aliphatic hydroxyl groups excluding tert-OH is 2. The molecule has 0 aliphatic heterocycles. The van der Waals surface area contributed by atoms with Gasteiger partial charge in [0.1, 0.15) is 5.75 Å². The quantitative estimate of drug-likeness (QED) is 0.616. The molecule has 0 amide bonds. The number of phenolic OH excluding ortho intramolecular Hbond substituents is 1. The van der Waals surface area contributed by atoms with Gasteiger partial charge in [-0.05, 0) is 48.1 Å². The molecule has 0 heterocycles. The highest BCUT2D eigenvalue weighted by Gasteiger charge is 2.46. The van der Waals surface area contributed by atoms with Crippen LogP contribution in [0.3, 0.4) is 0 Å². The van der Waals surface area contributed by atoms with Gasteiger partial charge >= 0.3 is 0 Å². The zero-order valence-corrected chi connectivity index (χ0v) is 16.3. The summed E-state index contributed by atoms with van der Waals surface area (Å²) in [7, 11) is 0. The zero-order chi connectivity index (χ0) is 20.1. The van der Waals surface area contributed by atoms with Crippen molar-refractivity contribution in [2.45, 2.75) is 63.2 Å². The molecule has 0 bridgehead atoms. The number of hydrogen-bond acceptors (Lipinski definition) is 3. The lowest BCUT2D eigenvalue weighted by Crippen LogP contribution is -2.20. The molecule has 0 spiro atoms. The summed E-state index contributed by atoms with van der Waals surface area (Å²) in [6.07, 6.45) is 2.73. The maximum absolute atomic E-state index is 10.7. The second-order valence-corrected chi connectivity index (χ2v) is 7.87. The van der Waals surface area contributed by atoms with E-state index in [2.05, 4.69) is 4.85 Å². The molecule has 28 heavy (non-hydrogen) atoms. The van der Waals surface area contributed by atoms with Gasteiger partial charge in [-0.15, -0.1) is 0 Å². The van der Waals surface area contributed by atoms with E-state index in [9.17, 15) is 15.3 Å². The first-order valence-electron chi connectivity index (χ1n) is 10.1. The average molecular weight is 380 g/mol. The van der Waals surface area contributed by atoms with Crippen LogP contribution in [-0.4, -0.2) is 27.5 Å². The minimum absolute atomic E-state index is 0.0706. The molecule has 1 aliphatic carbocycles. The standard InChI is InChI=1S/C24H29NO3/c1-3-5-22(27)17-9-11-18(12-10-17)24-20(21(25-2)15-23(24)28)13-8-16-6-4-7-19(26)14-16/h4,6-7,9-12,14,20-24,26-28H,3,5,8,13,15H2,1H3/t20?,21-,22?,23-,24?/m1/s1. The van der Waals surface area contributed by atoms with E-state index in [1.807, 2.05) is 43.3 Å². The average Bonchev–Trinajstić information content (AvgIpc) is 3.02. The SMILES string of the molecule is [C-]#[N+][C@@H]1C[C@@H](O)C(c2ccc(C(O)CCC)cc2)C1CCc1cccc(O)c1. The lowest BCUT2D eigenvalue weighted by Gasteiger charge is -2.22. The van der Waals surface area contributed by atoms with Gasteiger partial charge in [0.2, 0.25) is 6.04 Å². The Labute approximate surface area is 167 Å². The van der Waals surface area contributed by atoms with E-state index in [0.717, 1.165) is 42.4 Å². The lowest BCUT2D eigenvalue weighted by atomic mass is 9.82. The molecule has 3 N–H and O–H groups in total. The third kappa shape index (κ3) is 4.55. The Hall–Kier alpha value is -2.35. The minimum atomic E-state index is -0.528. The van der Waals surface area contributed by atoms with Crippen molar-refractivity contribution in [1.29, 1.82) is 0 Å². The van der Waals surface area contributed by atoms with Crippen LogP contribution in [0.1, 0.15) is 61.3 Å². The normalized spacial score (nSPS) is 25.4. The fourth-order valence-electron chi connectivity index (χ4n) is 4.51. The summed E-state index contributed by atoms with van der Waals surface area (Å²) in [4.78, 5) is 3.80. The van der Waals surface area contributed by atoms with Crippen molar-refractivity contribution < 1.29 is 15.3 Å². The van der Waals surface area contributed by atoms with Crippen LogP contribution in [0.25, 0.3) is 4.85 Å². The van der Waals surface area contributed by atoms with Gasteiger partial charge in [-0.2, -0.15) is 0 Å². The molecule has 4 nitrogen and oxygen atoms in total. The number of aromatic hydroxyl groups is 1. The van der Waals surface area contributed by atoms with Crippen LogP contribution in [0, 0.1) is 12.5 Å². The predicted octanol–water partition coefficient (Wildman–Crippen LogP) is 4.61. The molecule has 1 aliphatic rings. The fourth-order valence-corrected chi connectivity index (χ4v) is 4.51. The lowest BCUT2D eigenvalue weighted by molar-refractivity contribution is 0.153. The Kier molecular flexibility index (Phi) is 6.72. The van der Waals surface area contributed by atoms with Crippen molar-refractivity contribution in [2.75, 3.05) is 0 Å². The summed E-state index contributed by atoms with van der Waals surface area (Å²) in [5, 5.41) is 30.5. The van der Waals surface area contributed by atoms with Gasteiger partial charge in [-0.25, -0.2) is 6.57 Å². The van der Waals surface area contributed by atoms with Crippen molar-refractivity contribution in [3.63, 3.8) is 0 Å². The summed E-state index contributed by atoms with van der Waals surface area (Å²) in [6, 6.07) is 14.9. The molecule has 0 radical (unpaired) electrons. The number of hydrogen-bond donors (Lipinski definition) is 3. The van der Waals surface area contributed by atoms with Crippen LogP contribution in [0.4, 0.5) is 0 Å². The summed E-state index contributed by atoms with van der Waals surface area (Å²) < 4.78 is 0. The van der Waals surface area contributed by atoms with Gasteiger partial charge < -0.3 is 20.2 Å². The van der Waals surface area contributed by atoms with Crippen LogP contribution < -0.4 is 0 Å². The highest BCUT2D eigenvalue weighted by molar-refractivity contribution is 5.31. The third-order valence-electron chi connectivity index (χ3n) is 5.96. The first-order chi connectivity index (χ1) is 13.5. The zero-order valence-electron chi connectivity index (χ0n) is 16.3. The van der Waals surface area contributed by atoms with Crippen LogP contribution in [0.15, 0.2) is 48.5 Å². The molecule has 148 valence electrons. The predicted molar refractivity (Wildman–Crippen MR) is 110 cm³/mol. The minimum Gasteiger partial charge on any atom is -0.508 e. The largest absolute Gasteiger partial charge is 0.508 e. The molecule has 1 fully saturated rings. The fraction of sp³-hybridized carbons (Fsp3) is 0.458. The number of phenols is 1. The van der Waals surface area contributed by atoms with Crippen LogP contribution in [-0.2, 0) is 6.42 Å². The maximum atomic E-state index is 10.7. The van der Waals surface area contributed by atoms with Crippen molar-refractivity contribution in [2.24, 2.45) is 5.92 Å². The Morgan fingerprint density at radius 1 is 1.18 bits per heavy atom. The molecule has 2 aromatic rings. The summed E-state index contributed by atoms with van der Waals surface area (Å²) in [5.74, 6) is 0.249. The van der Waals surface area contributed by atoms with Crippen LogP contribution in [0.2, 0.25) is 0 Å². The van der Waals surface area contributed by atoms with E-state index in [1.54, 1.807) is 12.1 Å². The van der Waals surface area contributed by atoms with Gasteiger partial charge in [0, 0.05) is 18.3 Å². The maximum Gasteiger partial charge on any atom is 0.229 e. The number of rotatable bonds is 7. The van der Waals surface area contributed by atoms with E-state index in [-0.39, 0.29) is 23.6 Å². The monoisotopic (exact) mass is 379 g/mol. The van der Waals surface area contributed by atoms with E-state index in [4.69, 9.17) is 6.57 Å². The summed E-state index contributed by atoms with van der Waals surface area (Å²) in [5.41, 5.74) is 2.98. The molecule has 3 unspecified atom stereocenters. The Morgan fingerprint density at radius 2 is 1.93 bits per heavy atom. The molecule has 3 rings (SSSR count). The molecule has 1 saturated carbocycles. The molecule has 4 heteroatoms. The Balaban J connectivity index is 1.78. The van der Waals surface area contributed by atoms with E-state index >= 15 is 0 Å². The van der Waals surface area contributed by atoms with Gasteiger partial charge in [0.05, 0.1) is 12.2 Å². The second-order valence-electron chi connectivity index (χ2n) is 7.87. The first kappa shape index (κ1) is 20.4. The summed E-state index contributed by atoms with van der Waals surface area (Å²) in [6.45, 7) is 9.62. The van der Waals surface area contributed by atoms with Crippen molar-refractivity contribution in [1.82, 2.24) is 0 Å². The topological polar surface area (TPSA) is 65.0 Å². The molecule has 0 saturated heterocycles. The number of aryl methyl sites for hydroxylation is 1.